The number of aromatic nitrogens is 2. The highest BCUT2D eigenvalue weighted by molar-refractivity contribution is 5.94. The average Bonchev–Trinajstić information content (AvgIpc) is 2.74. The van der Waals surface area contributed by atoms with Crippen molar-refractivity contribution in [3.63, 3.8) is 0 Å². The standard InChI is InChI=1S/C13H17N5O/c1-17-6-5-16-12(17)8-18(2)11-4-3-9(13(15)19)7-10(11)14/h3-7H,8,14H2,1-2H3,(H2,15,19). The summed E-state index contributed by atoms with van der Waals surface area (Å²) in [5, 5.41) is 0. The van der Waals surface area contributed by atoms with Gasteiger partial charge in [0.2, 0.25) is 5.91 Å². The second-order valence-corrected chi connectivity index (χ2v) is 4.45. The van der Waals surface area contributed by atoms with Crippen LogP contribution in [-0.4, -0.2) is 22.5 Å². The van der Waals surface area contributed by atoms with Crippen LogP contribution in [0.1, 0.15) is 16.2 Å². The van der Waals surface area contributed by atoms with Gasteiger partial charge in [0.25, 0.3) is 0 Å². The largest absolute Gasteiger partial charge is 0.397 e. The minimum Gasteiger partial charge on any atom is -0.397 e. The van der Waals surface area contributed by atoms with Crippen molar-refractivity contribution in [3.8, 4) is 0 Å². The average molecular weight is 259 g/mol. The van der Waals surface area contributed by atoms with Crippen molar-refractivity contribution in [3.05, 3.63) is 42.0 Å². The van der Waals surface area contributed by atoms with Gasteiger partial charge in [0.1, 0.15) is 5.82 Å². The maximum Gasteiger partial charge on any atom is 0.248 e. The number of hydrogen-bond donors (Lipinski definition) is 2. The van der Waals surface area contributed by atoms with E-state index in [2.05, 4.69) is 4.98 Å². The summed E-state index contributed by atoms with van der Waals surface area (Å²) in [4.78, 5) is 17.3. The number of benzene rings is 1. The Kier molecular flexibility index (Phi) is 3.41. The number of anilines is 2. The predicted molar refractivity (Wildman–Crippen MR) is 74.7 cm³/mol. The van der Waals surface area contributed by atoms with Crippen LogP contribution in [0.3, 0.4) is 0 Å². The number of nitrogen functional groups attached to an aromatic ring is 1. The number of nitrogens with two attached hydrogens (primary N) is 2. The molecule has 1 amide bonds. The third kappa shape index (κ3) is 2.67. The van der Waals surface area contributed by atoms with Gasteiger partial charge in [-0.15, -0.1) is 0 Å². The molecule has 0 aliphatic carbocycles. The van der Waals surface area contributed by atoms with Crippen molar-refractivity contribution in [2.75, 3.05) is 17.7 Å². The van der Waals surface area contributed by atoms with E-state index in [-0.39, 0.29) is 0 Å². The first-order valence-electron chi connectivity index (χ1n) is 5.85. The summed E-state index contributed by atoms with van der Waals surface area (Å²) in [5.74, 6) is 0.450. The summed E-state index contributed by atoms with van der Waals surface area (Å²) >= 11 is 0. The highest BCUT2D eigenvalue weighted by Gasteiger charge is 2.10. The van der Waals surface area contributed by atoms with Crippen LogP contribution in [0.5, 0.6) is 0 Å². The first-order valence-corrected chi connectivity index (χ1v) is 5.85. The highest BCUT2D eigenvalue weighted by Crippen LogP contribution is 2.24. The summed E-state index contributed by atoms with van der Waals surface area (Å²) in [7, 11) is 3.86. The maximum atomic E-state index is 11.1. The normalized spacial score (nSPS) is 10.4. The molecule has 0 unspecified atom stereocenters. The van der Waals surface area contributed by atoms with E-state index in [0.29, 0.717) is 17.8 Å². The number of carbonyl (C=O) groups is 1. The lowest BCUT2D eigenvalue weighted by atomic mass is 10.1. The van der Waals surface area contributed by atoms with Crippen LogP contribution < -0.4 is 16.4 Å². The second-order valence-electron chi connectivity index (χ2n) is 4.45. The van der Waals surface area contributed by atoms with Crippen molar-refractivity contribution < 1.29 is 4.79 Å². The lowest BCUT2D eigenvalue weighted by molar-refractivity contribution is 0.100. The fourth-order valence-electron chi connectivity index (χ4n) is 1.90. The Morgan fingerprint density at radius 1 is 1.47 bits per heavy atom. The molecular formula is C13H17N5O. The van der Waals surface area contributed by atoms with E-state index in [0.717, 1.165) is 11.5 Å². The molecule has 1 aromatic carbocycles. The molecule has 2 aromatic rings. The van der Waals surface area contributed by atoms with Crippen molar-refractivity contribution in [1.29, 1.82) is 0 Å². The lowest BCUT2D eigenvalue weighted by Crippen LogP contribution is -2.20. The van der Waals surface area contributed by atoms with E-state index < -0.39 is 5.91 Å². The zero-order chi connectivity index (χ0) is 14.0. The van der Waals surface area contributed by atoms with Gasteiger partial charge >= 0.3 is 0 Å². The fraction of sp³-hybridized carbons (Fsp3) is 0.231. The molecular weight excluding hydrogens is 242 g/mol. The Bertz CT molecular complexity index is 605. The zero-order valence-corrected chi connectivity index (χ0v) is 11.0. The summed E-state index contributed by atoms with van der Waals surface area (Å²) in [6.45, 7) is 0.629. The Labute approximate surface area is 111 Å². The summed E-state index contributed by atoms with van der Waals surface area (Å²) < 4.78 is 1.95. The molecule has 0 aliphatic rings. The monoisotopic (exact) mass is 259 g/mol. The van der Waals surface area contributed by atoms with Gasteiger partial charge in [-0.1, -0.05) is 0 Å². The number of nitrogens with zero attached hydrogens (tertiary/aromatic N) is 3. The summed E-state index contributed by atoms with van der Waals surface area (Å²) in [6, 6.07) is 5.05. The molecule has 0 fully saturated rings. The Morgan fingerprint density at radius 3 is 2.74 bits per heavy atom. The topological polar surface area (TPSA) is 90.2 Å². The van der Waals surface area contributed by atoms with Crippen LogP contribution in [0, 0.1) is 0 Å². The quantitative estimate of drug-likeness (QED) is 0.792. The van der Waals surface area contributed by atoms with Crippen LogP contribution in [0.15, 0.2) is 30.6 Å². The van der Waals surface area contributed by atoms with Gasteiger partial charge in [0.15, 0.2) is 0 Å². The first kappa shape index (κ1) is 12.9. The molecule has 100 valence electrons. The third-order valence-corrected chi connectivity index (χ3v) is 3.02. The lowest BCUT2D eigenvalue weighted by Gasteiger charge is -2.21. The molecule has 0 saturated heterocycles. The van der Waals surface area contributed by atoms with Crippen LogP contribution in [0.4, 0.5) is 11.4 Å². The molecule has 1 aromatic heterocycles. The SMILES string of the molecule is CN(Cc1nccn1C)c1ccc(C(N)=O)cc1N. The van der Waals surface area contributed by atoms with E-state index in [1.807, 2.05) is 29.8 Å². The first-order chi connectivity index (χ1) is 8.99. The minimum absolute atomic E-state index is 0.409. The smallest absolute Gasteiger partial charge is 0.248 e. The second kappa shape index (κ2) is 5.01. The van der Waals surface area contributed by atoms with Gasteiger partial charge in [0.05, 0.1) is 17.9 Å². The maximum absolute atomic E-state index is 11.1. The van der Waals surface area contributed by atoms with Crippen LogP contribution in [-0.2, 0) is 13.6 Å². The number of imidazole rings is 1. The third-order valence-electron chi connectivity index (χ3n) is 3.02. The van der Waals surface area contributed by atoms with Crippen LogP contribution >= 0.6 is 0 Å². The van der Waals surface area contributed by atoms with Crippen molar-refractivity contribution in [2.24, 2.45) is 12.8 Å². The van der Waals surface area contributed by atoms with E-state index in [1.165, 1.54) is 0 Å². The van der Waals surface area contributed by atoms with Crippen LogP contribution in [0.2, 0.25) is 0 Å². The van der Waals surface area contributed by atoms with Gasteiger partial charge < -0.3 is 20.9 Å². The highest BCUT2D eigenvalue weighted by atomic mass is 16.1. The Balaban J connectivity index is 2.22. The number of carbonyl (C=O) groups excluding carboxylic acids is 1. The van der Waals surface area contributed by atoms with Gasteiger partial charge in [0, 0.05) is 32.1 Å². The van der Waals surface area contributed by atoms with Crippen molar-refractivity contribution in [1.82, 2.24) is 9.55 Å². The van der Waals surface area contributed by atoms with Gasteiger partial charge in [-0.3, -0.25) is 4.79 Å². The summed E-state index contributed by atoms with van der Waals surface area (Å²) in [6.07, 6.45) is 3.64. The minimum atomic E-state index is -0.481. The van der Waals surface area contributed by atoms with E-state index >= 15 is 0 Å². The summed E-state index contributed by atoms with van der Waals surface area (Å²) in [5.41, 5.74) is 12.9. The molecule has 6 heteroatoms. The molecule has 2 rings (SSSR count). The zero-order valence-electron chi connectivity index (χ0n) is 11.0. The number of hydrogen-bond acceptors (Lipinski definition) is 4. The molecule has 1 heterocycles. The predicted octanol–water partition coefficient (Wildman–Crippen LogP) is 0.738. The molecule has 4 N–H and O–H groups in total. The number of rotatable bonds is 4. The van der Waals surface area contributed by atoms with E-state index in [1.54, 1.807) is 24.4 Å². The molecule has 19 heavy (non-hydrogen) atoms. The number of aryl methyl sites for hydroxylation is 1. The number of amides is 1. The van der Waals surface area contributed by atoms with E-state index in [9.17, 15) is 4.79 Å². The van der Waals surface area contributed by atoms with Gasteiger partial charge in [-0.2, -0.15) is 0 Å². The molecule has 0 radical (unpaired) electrons. The van der Waals surface area contributed by atoms with Crippen molar-refractivity contribution in [2.45, 2.75) is 6.54 Å². The van der Waals surface area contributed by atoms with Crippen molar-refractivity contribution >= 4 is 17.3 Å². The van der Waals surface area contributed by atoms with Gasteiger partial charge in [-0.25, -0.2) is 4.98 Å². The molecule has 0 aliphatic heterocycles. The van der Waals surface area contributed by atoms with Gasteiger partial charge in [-0.05, 0) is 18.2 Å². The Morgan fingerprint density at radius 2 is 2.21 bits per heavy atom. The van der Waals surface area contributed by atoms with Crippen LogP contribution in [0.25, 0.3) is 0 Å². The molecule has 0 spiro atoms. The molecule has 0 saturated carbocycles. The van der Waals surface area contributed by atoms with E-state index in [4.69, 9.17) is 11.5 Å². The Hall–Kier alpha value is -2.50. The molecule has 0 bridgehead atoms. The fourth-order valence-corrected chi connectivity index (χ4v) is 1.90. The number of primary amides is 1. The molecule has 0 atom stereocenters. The molecule has 6 nitrogen and oxygen atoms in total.